The Morgan fingerprint density at radius 2 is 1.82 bits per heavy atom. The zero-order valence-electron chi connectivity index (χ0n) is 7.39. The van der Waals surface area contributed by atoms with Crippen molar-refractivity contribution in [1.29, 1.82) is 0 Å². The van der Waals surface area contributed by atoms with Crippen molar-refractivity contribution in [3.05, 3.63) is 12.7 Å². The van der Waals surface area contributed by atoms with Crippen molar-refractivity contribution in [2.75, 3.05) is 19.6 Å². The Labute approximate surface area is 75.5 Å². The zero-order chi connectivity index (χ0) is 8.04. The maximum atomic E-state index is 9.65. The van der Waals surface area contributed by atoms with Gasteiger partial charge in [-0.15, -0.1) is 6.58 Å². The lowest BCUT2D eigenvalue weighted by molar-refractivity contribution is -1.10. The van der Waals surface area contributed by atoms with Gasteiger partial charge in [0.15, 0.2) is 0 Å². The molecule has 0 amide bonds. The molecule has 0 radical (unpaired) electrons. The Balaban J connectivity index is 0. The van der Waals surface area contributed by atoms with Crippen LogP contribution in [0.4, 0.5) is 0 Å². The van der Waals surface area contributed by atoms with E-state index in [1.807, 2.05) is 19.9 Å². The van der Waals surface area contributed by atoms with E-state index >= 15 is 0 Å². The molecule has 2 nitrogen and oxygen atoms in total. The van der Waals surface area contributed by atoms with E-state index in [4.69, 9.17) is 0 Å². The van der Waals surface area contributed by atoms with Crippen molar-refractivity contribution in [2.24, 2.45) is 0 Å². The molecule has 11 heavy (non-hydrogen) atoms. The standard InChI is InChI=1S/C8H18NO.ClH/c1-4-7-8-9(10,5-2)6-3;/h4,10H,1,5-8H2,2-3H3;1H/q+1;/p-1. The summed E-state index contributed by atoms with van der Waals surface area (Å²) in [4.78, 5) is 0. The van der Waals surface area contributed by atoms with Crippen LogP contribution in [0.2, 0.25) is 0 Å². The zero-order valence-corrected chi connectivity index (χ0v) is 8.14. The van der Waals surface area contributed by atoms with E-state index in [1.54, 1.807) is 0 Å². The van der Waals surface area contributed by atoms with E-state index in [-0.39, 0.29) is 17.1 Å². The molecule has 0 spiro atoms. The minimum absolute atomic E-state index is 0. The largest absolute Gasteiger partial charge is 1.00 e. The topological polar surface area (TPSA) is 20.2 Å². The van der Waals surface area contributed by atoms with Crippen molar-refractivity contribution in [3.63, 3.8) is 0 Å². The fourth-order valence-corrected chi connectivity index (χ4v) is 0.871. The Morgan fingerprint density at radius 1 is 1.36 bits per heavy atom. The normalized spacial score (nSPS) is 10.5. The molecule has 0 aliphatic heterocycles. The molecule has 0 aromatic heterocycles. The maximum absolute atomic E-state index is 9.65. The number of nitrogens with zero attached hydrogens (tertiary/aromatic N) is 1. The first kappa shape index (κ1) is 13.5. The molecule has 0 unspecified atom stereocenters. The first-order chi connectivity index (χ1) is 4.68. The van der Waals surface area contributed by atoms with Crippen LogP contribution in [0.1, 0.15) is 20.3 Å². The molecule has 0 atom stereocenters. The number of quaternary nitrogens is 1. The van der Waals surface area contributed by atoms with Crippen LogP contribution in [-0.4, -0.2) is 29.5 Å². The Bertz CT molecular complexity index is 102. The van der Waals surface area contributed by atoms with Gasteiger partial charge in [-0.1, -0.05) is 6.08 Å². The minimum Gasteiger partial charge on any atom is -1.00 e. The third-order valence-corrected chi connectivity index (χ3v) is 1.93. The highest BCUT2D eigenvalue weighted by molar-refractivity contribution is 4.64. The number of hydrogen-bond donors (Lipinski definition) is 1. The summed E-state index contributed by atoms with van der Waals surface area (Å²) in [6, 6.07) is 0. The molecular weight excluding hydrogens is 162 g/mol. The summed E-state index contributed by atoms with van der Waals surface area (Å²) in [6.45, 7) is 9.95. The van der Waals surface area contributed by atoms with Crippen LogP contribution < -0.4 is 12.4 Å². The van der Waals surface area contributed by atoms with Crippen molar-refractivity contribution >= 4 is 0 Å². The molecule has 0 saturated carbocycles. The smallest absolute Gasteiger partial charge is 0.112 e. The molecule has 3 heteroatoms. The highest BCUT2D eigenvalue weighted by Gasteiger charge is 2.17. The van der Waals surface area contributed by atoms with Gasteiger partial charge in [0.05, 0.1) is 0 Å². The SMILES string of the molecule is C=CCC[N+](O)(CC)CC.[Cl-]. The Hall–Kier alpha value is -0.0500. The second-order valence-electron chi connectivity index (χ2n) is 2.53. The average molecular weight is 180 g/mol. The Kier molecular flexibility index (Phi) is 8.18. The summed E-state index contributed by atoms with van der Waals surface area (Å²) in [5.74, 6) is 0. The van der Waals surface area contributed by atoms with Gasteiger partial charge in [-0.25, -0.2) is 5.21 Å². The van der Waals surface area contributed by atoms with E-state index in [2.05, 4.69) is 6.58 Å². The third-order valence-electron chi connectivity index (χ3n) is 1.93. The van der Waals surface area contributed by atoms with Crippen LogP contribution >= 0.6 is 0 Å². The average Bonchev–Trinajstić information content (AvgIpc) is 2.00. The van der Waals surface area contributed by atoms with Crippen LogP contribution in [0.25, 0.3) is 0 Å². The van der Waals surface area contributed by atoms with Gasteiger partial charge in [-0.05, 0) is 13.8 Å². The first-order valence-corrected chi connectivity index (χ1v) is 3.88. The van der Waals surface area contributed by atoms with Crippen LogP contribution in [0.15, 0.2) is 12.7 Å². The summed E-state index contributed by atoms with van der Waals surface area (Å²) in [5, 5.41) is 9.65. The molecule has 0 aromatic carbocycles. The fraction of sp³-hybridized carbons (Fsp3) is 0.750. The van der Waals surface area contributed by atoms with Crippen molar-refractivity contribution in [1.82, 2.24) is 0 Å². The van der Waals surface area contributed by atoms with E-state index < -0.39 is 0 Å². The van der Waals surface area contributed by atoms with Gasteiger partial charge < -0.3 is 12.4 Å². The number of hydrogen-bond acceptors (Lipinski definition) is 1. The van der Waals surface area contributed by atoms with Gasteiger partial charge in [0, 0.05) is 6.42 Å². The Morgan fingerprint density at radius 3 is 2.09 bits per heavy atom. The van der Waals surface area contributed by atoms with Crippen LogP contribution in [0, 0.1) is 0 Å². The second-order valence-corrected chi connectivity index (χ2v) is 2.53. The highest BCUT2D eigenvalue weighted by atomic mass is 35.5. The predicted octanol–water partition coefficient (Wildman–Crippen LogP) is -1.19. The van der Waals surface area contributed by atoms with E-state index in [1.165, 1.54) is 0 Å². The fourth-order valence-electron chi connectivity index (χ4n) is 0.871. The molecular formula is C8H18ClNO. The molecule has 0 saturated heterocycles. The van der Waals surface area contributed by atoms with Crippen LogP contribution in [0.5, 0.6) is 0 Å². The third kappa shape index (κ3) is 5.24. The van der Waals surface area contributed by atoms with Gasteiger partial charge in [0.2, 0.25) is 0 Å². The molecule has 0 bridgehead atoms. The molecule has 0 aromatic rings. The summed E-state index contributed by atoms with van der Waals surface area (Å²) in [7, 11) is 0. The molecule has 1 N–H and O–H groups in total. The van der Waals surface area contributed by atoms with Crippen LogP contribution in [-0.2, 0) is 0 Å². The molecule has 0 heterocycles. The van der Waals surface area contributed by atoms with Gasteiger partial charge in [-0.2, -0.15) is 4.65 Å². The number of rotatable bonds is 5. The summed E-state index contributed by atoms with van der Waals surface area (Å²) in [6.07, 6.45) is 2.73. The molecule has 0 fully saturated rings. The molecule has 68 valence electrons. The van der Waals surface area contributed by atoms with Crippen molar-refractivity contribution in [2.45, 2.75) is 20.3 Å². The minimum atomic E-state index is 0. The number of hydroxylamine groups is 3. The summed E-state index contributed by atoms with van der Waals surface area (Å²) < 4.78 is 0.173. The lowest BCUT2D eigenvalue weighted by atomic mass is 10.3. The quantitative estimate of drug-likeness (QED) is 0.320. The number of halogens is 1. The monoisotopic (exact) mass is 179 g/mol. The summed E-state index contributed by atoms with van der Waals surface area (Å²) in [5.41, 5.74) is 0. The molecule has 0 aliphatic rings. The van der Waals surface area contributed by atoms with E-state index in [0.29, 0.717) is 0 Å². The van der Waals surface area contributed by atoms with Gasteiger partial charge in [-0.3, -0.25) is 0 Å². The molecule has 0 aliphatic carbocycles. The highest BCUT2D eigenvalue weighted by Crippen LogP contribution is 2.01. The van der Waals surface area contributed by atoms with E-state index in [9.17, 15) is 5.21 Å². The van der Waals surface area contributed by atoms with Crippen LogP contribution in [0.3, 0.4) is 0 Å². The van der Waals surface area contributed by atoms with Crippen molar-refractivity contribution < 1.29 is 22.3 Å². The maximum Gasteiger partial charge on any atom is 0.112 e. The van der Waals surface area contributed by atoms with Gasteiger partial charge >= 0.3 is 0 Å². The van der Waals surface area contributed by atoms with Crippen molar-refractivity contribution in [3.8, 4) is 0 Å². The lowest BCUT2D eigenvalue weighted by Crippen LogP contribution is -3.00. The van der Waals surface area contributed by atoms with Gasteiger partial charge in [0.25, 0.3) is 0 Å². The second kappa shape index (κ2) is 6.65. The lowest BCUT2D eigenvalue weighted by Gasteiger charge is -2.26. The first-order valence-electron chi connectivity index (χ1n) is 3.88. The van der Waals surface area contributed by atoms with E-state index in [0.717, 1.165) is 26.1 Å². The summed E-state index contributed by atoms with van der Waals surface area (Å²) >= 11 is 0. The van der Waals surface area contributed by atoms with Gasteiger partial charge in [0.1, 0.15) is 19.6 Å². The predicted molar refractivity (Wildman–Crippen MR) is 42.8 cm³/mol. The molecule has 0 rings (SSSR count).